The number of hydrogen-bond acceptors (Lipinski definition) is 2. The molecule has 3 rings (SSSR count). The summed E-state index contributed by atoms with van der Waals surface area (Å²) in [5.41, 5.74) is 0.936. The minimum Gasteiger partial charge on any atom is -0.477 e. The molecule has 0 atom stereocenters. The molecule has 0 saturated carbocycles. The van der Waals surface area contributed by atoms with Crippen LogP contribution < -0.4 is 0 Å². The molecule has 0 aliphatic heterocycles. The van der Waals surface area contributed by atoms with Crippen LogP contribution in [0.1, 0.15) is 16.1 Å². The second-order valence-electron chi connectivity index (χ2n) is 4.75. The fraction of sp³-hybridized carbons (Fsp3) is 0.0526. The quantitative estimate of drug-likeness (QED) is 0.516. The van der Waals surface area contributed by atoms with Crippen LogP contribution >= 0.6 is 0 Å². The third-order valence-electron chi connectivity index (χ3n) is 3.11. The molecule has 0 fully saturated rings. The van der Waals surface area contributed by atoms with Crippen LogP contribution in [-0.4, -0.2) is 16.1 Å². The standard InChI is InChI=1S/C13H8F2.C6H5NO2.Ir/c1-9-12(14)8-7-11(13(9)15)10-5-3-2-4-6-10;8-6(9)5-3-1-2-4-7-5;/h2-5,8H,1H3;1-4H,(H,8,9);/q-2;;. The average molecular weight is 518 g/mol. The molecule has 131 valence electrons. The van der Waals surface area contributed by atoms with E-state index in [1.807, 2.05) is 0 Å². The fourth-order valence-corrected chi connectivity index (χ4v) is 1.83. The number of carbonyl (C=O) groups is 1. The van der Waals surface area contributed by atoms with Crippen molar-refractivity contribution in [3.05, 3.63) is 89.8 Å². The Kier molecular flexibility index (Phi) is 8.05. The van der Waals surface area contributed by atoms with Crippen molar-refractivity contribution in [3.63, 3.8) is 0 Å². The number of aromatic nitrogens is 1. The van der Waals surface area contributed by atoms with Gasteiger partial charge in [-0.3, -0.25) is 8.78 Å². The van der Waals surface area contributed by atoms with Gasteiger partial charge in [0, 0.05) is 37.9 Å². The van der Waals surface area contributed by atoms with Crippen LogP contribution in [0.25, 0.3) is 11.1 Å². The summed E-state index contributed by atoms with van der Waals surface area (Å²) in [5, 5.41) is 8.32. The van der Waals surface area contributed by atoms with Crippen LogP contribution in [-0.2, 0) is 20.1 Å². The minimum absolute atomic E-state index is 0. The van der Waals surface area contributed by atoms with Crippen molar-refractivity contribution < 1.29 is 38.8 Å². The van der Waals surface area contributed by atoms with Crippen LogP contribution in [0.5, 0.6) is 0 Å². The zero-order valence-corrected chi connectivity index (χ0v) is 15.5. The van der Waals surface area contributed by atoms with Gasteiger partial charge in [-0.2, -0.15) is 35.9 Å². The van der Waals surface area contributed by atoms with Gasteiger partial charge in [0.25, 0.3) is 0 Å². The van der Waals surface area contributed by atoms with Gasteiger partial charge in [0.2, 0.25) is 0 Å². The Hall–Kier alpha value is -2.43. The molecule has 1 heterocycles. The van der Waals surface area contributed by atoms with Crippen LogP contribution in [0.3, 0.4) is 0 Å². The Morgan fingerprint density at radius 3 is 2.36 bits per heavy atom. The van der Waals surface area contributed by atoms with Crippen LogP contribution in [0.15, 0.2) is 54.7 Å². The molecule has 0 aliphatic rings. The summed E-state index contributed by atoms with van der Waals surface area (Å²) in [6, 6.07) is 18.3. The van der Waals surface area contributed by atoms with Crippen molar-refractivity contribution in [1.82, 2.24) is 4.98 Å². The van der Waals surface area contributed by atoms with E-state index in [1.54, 1.807) is 36.4 Å². The Bertz CT molecular complexity index is 828. The van der Waals surface area contributed by atoms with E-state index >= 15 is 0 Å². The normalized spacial score (nSPS) is 9.40. The van der Waals surface area contributed by atoms with E-state index in [9.17, 15) is 13.6 Å². The number of aromatic carboxylic acids is 1. The number of pyridine rings is 1. The van der Waals surface area contributed by atoms with Crippen molar-refractivity contribution in [1.29, 1.82) is 0 Å². The Morgan fingerprint density at radius 2 is 1.84 bits per heavy atom. The van der Waals surface area contributed by atoms with Gasteiger partial charge in [-0.1, -0.05) is 18.6 Å². The minimum atomic E-state index is -0.990. The first kappa shape index (κ1) is 20.6. The number of rotatable bonds is 2. The van der Waals surface area contributed by atoms with E-state index in [2.05, 4.69) is 17.1 Å². The van der Waals surface area contributed by atoms with Gasteiger partial charge < -0.3 is 5.11 Å². The first-order chi connectivity index (χ1) is 11.5. The molecule has 1 N–H and O–H groups in total. The zero-order valence-electron chi connectivity index (χ0n) is 13.1. The monoisotopic (exact) mass is 518 g/mol. The van der Waals surface area contributed by atoms with E-state index in [0.717, 1.165) is 6.07 Å². The molecule has 1 radical (unpaired) electrons. The number of halogens is 2. The van der Waals surface area contributed by atoms with Gasteiger partial charge in [-0.15, -0.1) is 12.1 Å². The molecule has 0 amide bonds. The average Bonchev–Trinajstić information content (AvgIpc) is 2.62. The second-order valence-corrected chi connectivity index (χ2v) is 4.75. The van der Waals surface area contributed by atoms with E-state index in [0.29, 0.717) is 5.56 Å². The van der Waals surface area contributed by atoms with E-state index in [4.69, 9.17) is 5.11 Å². The molecule has 0 saturated heterocycles. The molecule has 3 nitrogen and oxygen atoms in total. The largest absolute Gasteiger partial charge is 0.477 e. The van der Waals surface area contributed by atoms with Crippen molar-refractivity contribution in [2.24, 2.45) is 0 Å². The second kappa shape index (κ2) is 9.77. The molecule has 0 aliphatic carbocycles. The maximum absolute atomic E-state index is 13.7. The summed E-state index contributed by atoms with van der Waals surface area (Å²) >= 11 is 0. The molecule has 1 aromatic heterocycles. The molecular weight excluding hydrogens is 504 g/mol. The molecule has 0 bridgehead atoms. The molecule has 0 spiro atoms. The van der Waals surface area contributed by atoms with Gasteiger partial charge in [0.05, 0.1) is 0 Å². The molecule has 0 unspecified atom stereocenters. The predicted molar refractivity (Wildman–Crippen MR) is 85.4 cm³/mol. The predicted octanol–water partition coefficient (Wildman–Crippen LogP) is 4.32. The number of carboxylic acid groups (broad SMARTS) is 1. The summed E-state index contributed by atoms with van der Waals surface area (Å²) in [6.07, 6.45) is 1.45. The third kappa shape index (κ3) is 5.55. The van der Waals surface area contributed by atoms with Gasteiger partial charge in [0.15, 0.2) is 0 Å². The summed E-state index contributed by atoms with van der Waals surface area (Å²) in [4.78, 5) is 13.7. The van der Waals surface area contributed by atoms with Gasteiger partial charge in [-0.05, 0) is 12.1 Å². The first-order valence-electron chi connectivity index (χ1n) is 6.98. The third-order valence-corrected chi connectivity index (χ3v) is 3.11. The Morgan fingerprint density at radius 1 is 1.12 bits per heavy atom. The summed E-state index contributed by atoms with van der Waals surface area (Å²) in [7, 11) is 0. The Labute approximate surface area is 157 Å². The van der Waals surface area contributed by atoms with Crippen LogP contribution in [0, 0.1) is 30.7 Å². The molecule has 2 aromatic carbocycles. The number of nitrogens with zero attached hydrogens (tertiary/aromatic N) is 1. The van der Waals surface area contributed by atoms with E-state index in [1.165, 1.54) is 19.2 Å². The SMILES string of the molecule is Cc1c(F)c[c-]c(-c2[c-]cccc2)c1F.O=C(O)c1ccccn1.[Ir]. The fourth-order valence-electron chi connectivity index (χ4n) is 1.83. The molecule has 6 heteroatoms. The molecule has 25 heavy (non-hydrogen) atoms. The van der Waals surface area contributed by atoms with Gasteiger partial charge in [-0.25, -0.2) is 15.3 Å². The van der Waals surface area contributed by atoms with Gasteiger partial charge >= 0.3 is 5.97 Å². The van der Waals surface area contributed by atoms with Crippen molar-refractivity contribution in [2.75, 3.05) is 0 Å². The smallest absolute Gasteiger partial charge is 0.354 e. The van der Waals surface area contributed by atoms with E-state index in [-0.39, 0.29) is 36.9 Å². The molecule has 3 aromatic rings. The Balaban J connectivity index is 0.000000270. The van der Waals surface area contributed by atoms with Crippen molar-refractivity contribution in [2.45, 2.75) is 6.92 Å². The summed E-state index contributed by atoms with van der Waals surface area (Å²) < 4.78 is 26.7. The van der Waals surface area contributed by atoms with Crippen molar-refractivity contribution >= 4 is 5.97 Å². The summed E-state index contributed by atoms with van der Waals surface area (Å²) in [6.45, 7) is 1.41. The van der Waals surface area contributed by atoms with Crippen molar-refractivity contribution in [3.8, 4) is 11.1 Å². The number of carboxylic acids is 1. The number of hydrogen-bond donors (Lipinski definition) is 1. The van der Waals surface area contributed by atoms with Gasteiger partial charge in [0.1, 0.15) is 5.69 Å². The maximum Gasteiger partial charge on any atom is 0.354 e. The number of benzene rings is 2. The topological polar surface area (TPSA) is 50.2 Å². The summed E-state index contributed by atoms with van der Waals surface area (Å²) in [5.74, 6) is -2.14. The first-order valence-corrected chi connectivity index (χ1v) is 6.98. The molecular formula is C19H13F2IrNO2-2. The van der Waals surface area contributed by atoms with E-state index < -0.39 is 17.6 Å². The zero-order chi connectivity index (χ0) is 17.5. The van der Waals surface area contributed by atoms with Crippen LogP contribution in [0.4, 0.5) is 8.78 Å². The maximum atomic E-state index is 13.7. The van der Waals surface area contributed by atoms with Crippen LogP contribution in [0.2, 0.25) is 0 Å².